The Kier molecular flexibility index (Phi) is 6.16. The van der Waals surface area contributed by atoms with Crippen molar-refractivity contribution in [1.29, 1.82) is 0 Å². The summed E-state index contributed by atoms with van der Waals surface area (Å²) in [7, 11) is 0. The van der Waals surface area contributed by atoms with E-state index >= 15 is 0 Å². The van der Waals surface area contributed by atoms with Gasteiger partial charge in [-0.15, -0.1) is 0 Å². The fraction of sp³-hybridized carbons (Fsp3) is 0.308. The number of anilines is 1. The first-order valence-corrected chi connectivity index (χ1v) is 6.93. The van der Waals surface area contributed by atoms with Crippen LogP contribution in [0.25, 0.3) is 0 Å². The Morgan fingerprint density at radius 2 is 1.95 bits per heavy atom. The fourth-order valence-electron chi connectivity index (χ4n) is 1.67. The molecule has 1 aromatic carbocycles. The second kappa shape index (κ2) is 7.63. The number of urea groups is 1. The SMILES string of the molecule is CCc1cc(Br)ccc1NC(=O)N[C@@H](CC(=O)O)C(=O)O. The zero-order valence-corrected chi connectivity index (χ0v) is 12.8. The van der Waals surface area contributed by atoms with E-state index in [1.54, 1.807) is 12.1 Å². The maximum Gasteiger partial charge on any atom is 0.326 e. The number of benzene rings is 1. The molecule has 0 radical (unpaired) electrons. The Morgan fingerprint density at radius 1 is 1.29 bits per heavy atom. The lowest BCUT2D eigenvalue weighted by molar-refractivity contribution is -0.145. The van der Waals surface area contributed by atoms with Gasteiger partial charge in [0.1, 0.15) is 6.04 Å². The van der Waals surface area contributed by atoms with Crippen LogP contribution in [0.15, 0.2) is 22.7 Å². The zero-order valence-electron chi connectivity index (χ0n) is 11.2. The number of carboxylic acid groups (broad SMARTS) is 2. The molecule has 0 spiro atoms. The van der Waals surface area contributed by atoms with Crippen LogP contribution in [-0.4, -0.2) is 34.2 Å². The van der Waals surface area contributed by atoms with Gasteiger partial charge in [0.25, 0.3) is 0 Å². The number of rotatable bonds is 6. The Labute approximate surface area is 129 Å². The number of amides is 2. The molecule has 0 unspecified atom stereocenters. The molecule has 7 nitrogen and oxygen atoms in total. The van der Waals surface area contributed by atoms with Gasteiger partial charge in [0.05, 0.1) is 6.42 Å². The molecule has 1 atom stereocenters. The molecule has 0 saturated heterocycles. The van der Waals surface area contributed by atoms with Crippen LogP contribution in [-0.2, 0) is 16.0 Å². The molecule has 0 heterocycles. The van der Waals surface area contributed by atoms with Crippen molar-refractivity contribution in [2.24, 2.45) is 0 Å². The topological polar surface area (TPSA) is 116 Å². The Morgan fingerprint density at radius 3 is 2.48 bits per heavy atom. The van der Waals surface area contributed by atoms with E-state index in [0.29, 0.717) is 12.1 Å². The normalized spacial score (nSPS) is 11.5. The largest absolute Gasteiger partial charge is 0.481 e. The van der Waals surface area contributed by atoms with E-state index in [0.717, 1.165) is 10.0 Å². The van der Waals surface area contributed by atoms with Gasteiger partial charge in [0.15, 0.2) is 0 Å². The minimum Gasteiger partial charge on any atom is -0.481 e. The molecule has 8 heteroatoms. The number of aryl methyl sites for hydroxylation is 1. The first kappa shape index (κ1) is 17.0. The predicted octanol–water partition coefficient (Wildman–Crippen LogP) is 2.06. The van der Waals surface area contributed by atoms with E-state index in [9.17, 15) is 14.4 Å². The van der Waals surface area contributed by atoms with Gasteiger partial charge in [0.2, 0.25) is 0 Å². The molecule has 0 aromatic heterocycles. The Bertz CT molecular complexity index is 561. The predicted molar refractivity (Wildman–Crippen MR) is 79.4 cm³/mol. The van der Waals surface area contributed by atoms with Crippen molar-refractivity contribution in [3.8, 4) is 0 Å². The summed E-state index contributed by atoms with van der Waals surface area (Å²) < 4.78 is 0.861. The lowest BCUT2D eigenvalue weighted by atomic mass is 10.1. The van der Waals surface area contributed by atoms with Crippen molar-refractivity contribution in [2.75, 3.05) is 5.32 Å². The quantitative estimate of drug-likeness (QED) is 0.621. The van der Waals surface area contributed by atoms with Crippen LogP contribution in [0.3, 0.4) is 0 Å². The molecule has 0 aliphatic heterocycles. The van der Waals surface area contributed by atoms with E-state index < -0.39 is 30.4 Å². The lowest BCUT2D eigenvalue weighted by Gasteiger charge is -2.15. The van der Waals surface area contributed by atoms with Gasteiger partial charge in [0, 0.05) is 10.2 Å². The third-order valence-corrected chi connectivity index (χ3v) is 3.17. The van der Waals surface area contributed by atoms with Crippen molar-refractivity contribution in [2.45, 2.75) is 25.8 Å². The van der Waals surface area contributed by atoms with Gasteiger partial charge < -0.3 is 20.8 Å². The maximum absolute atomic E-state index is 11.8. The monoisotopic (exact) mass is 358 g/mol. The summed E-state index contributed by atoms with van der Waals surface area (Å²) in [5.74, 6) is -2.71. The van der Waals surface area contributed by atoms with Gasteiger partial charge in [-0.05, 0) is 30.2 Å². The molecule has 2 amide bonds. The summed E-state index contributed by atoms with van der Waals surface area (Å²) in [5, 5.41) is 22.1. The summed E-state index contributed by atoms with van der Waals surface area (Å²) in [4.78, 5) is 33.2. The minimum atomic E-state index is -1.48. The van der Waals surface area contributed by atoms with Crippen molar-refractivity contribution >= 4 is 39.6 Å². The molecule has 21 heavy (non-hydrogen) atoms. The molecular formula is C13H15BrN2O5. The molecule has 0 saturated carbocycles. The molecule has 114 valence electrons. The number of hydrogen-bond acceptors (Lipinski definition) is 3. The minimum absolute atomic E-state index is 0.540. The molecular weight excluding hydrogens is 344 g/mol. The first-order chi connectivity index (χ1) is 9.83. The van der Waals surface area contributed by atoms with Crippen LogP contribution in [0.2, 0.25) is 0 Å². The summed E-state index contributed by atoms with van der Waals surface area (Å²) in [6.45, 7) is 1.91. The highest BCUT2D eigenvalue weighted by molar-refractivity contribution is 9.10. The van der Waals surface area contributed by atoms with Crippen molar-refractivity contribution < 1.29 is 24.6 Å². The fourth-order valence-corrected chi connectivity index (χ4v) is 2.08. The summed E-state index contributed by atoms with van der Waals surface area (Å²) in [6, 6.07) is 3.00. The van der Waals surface area contributed by atoms with Crippen LogP contribution >= 0.6 is 15.9 Å². The van der Waals surface area contributed by atoms with Gasteiger partial charge in [-0.25, -0.2) is 9.59 Å². The average Bonchev–Trinajstić information content (AvgIpc) is 2.39. The summed E-state index contributed by atoms with van der Waals surface area (Å²) in [5.41, 5.74) is 1.40. The van der Waals surface area contributed by atoms with Crippen molar-refractivity contribution in [1.82, 2.24) is 5.32 Å². The molecule has 0 fully saturated rings. The van der Waals surface area contributed by atoms with Crippen LogP contribution in [0.1, 0.15) is 18.9 Å². The average molecular weight is 359 g/mol. The second-order valence-electron chi connectivity index (χ2n) is 4.24. The number of halogens is 1. The smallest absolute Gasteiger partial charge is 0.326 e. The third-order valence-electron chi connectivity index (χ3n) is 2.68. The van der Waals surface area contributed by atoms with Crippen molar-refractivity contribution in [3.63, 3.8) is 0 Å². The number of aliphatic carboxylic acids is 2. The van der Waals surface area contributed by atoms with Gasteiger partial charge >= 0.3 is 18.0 Å². The van der Waals surface area contributed by atoms with Gasteiger partial charge in [-0.1, -0.05) is 22.9 Å². The lowest BCUT2D eigenvalue weighted by Crippen LogP contribution is -2.44. The van der Waals surface area contributed by atoms with Gasteiger partial charge in [-0.2, -0.15) is 0 Å². The Hall–Kier alpha value is -2.09. The Balaban J connectivity index is 2.76. The molecule has 0 bridgehead atoms. The van der Waals surface area contributed by atoms with E-state index in [1.807, 2.05) is 13.0 Å². The zero-order chi connectivity index (χ0) is 16.0. The van der Waals surface area contributed by atoms with E-state index in [2.05, 4.69) is 26.6 Å². The third kappa shape index (κ3) is 5.42. The van der Waals surface area contributed by atoms with Gasteiger partial charge in [-0.3, -0.25) is 4.79 Å². The van der Waals surface area contributed by atoms with Crippen molar-refractivity contribution in [3.05, 3.63) is 28.2 Å². The molecule has 1 rings (SSSR count). The number of carbonyl (C=O) groups is 3. The summed E-state index contributed by atoms with van der Waals surface area (Å²) in [6.07, 6.45) is -0.0176. The molecule has 4 N–H and O–H groups in total. The maximum atomic E-state index is 11.8. The van der Waals surface area contributed by atoms with Crippen LogP contribution in [0.5, 0.6) is 0 Å². The van der Waals surface area contributed by atoms with Crippen LogP contribution in [0.4, 0.5) is 10.5 Å². The highest BCUT2D eigenvalue weighted by Gasteiger charge is 2.23. The van der Waals surface area contributed by atoms with Crippen LogP contribution in [0, 0.1) is 0 Å². The van der Waals surface area contributed by atoms with E-state index in [-0.39, 0.29) is 0 Å². The highest BCUT2D eigenvalue weighted by Crippen LogP contribution is 2.21. The van der Waals surface area contributed by atoms with Crippen LogP contribution < -0.4 is 10.6 Å². The molecule has 1 aromatic rings. The second-order valence-corrected chi connectivity index (χ2v) is 5.16. The van der Waals surface area contributed by atoms with E-state index in [4.69, 9.17) is 10.2 Å². The highest BCUT2D eigenvalue weighted by atomic mass is 79.9. The first-order valence-electron chi connectivity index (χ1n) is 6.14. The molecule has 0 aliphatic rings. The number of nitrogens with one attached hydrogen (secondary N) is 2. The number of hydrogen-bond donors (Lipinski definition) is 4. The molecule has 0 aliphatic carbocycles. The summed E-state index contributed by atoms with van der Waals surface area (Å²) >= 11 is 3.32. The van der Waals surface area contributed by atoms with E-state index in [1.165, 1.54) is 0 Å². The standard InChI is InChI=1S/C13H15BrN2O5/c1-2-7-5-8(14)3-4-9(7)15-13(21)16-10(12(19)20)6-11(17)18/h3-5,10H,2,6H2,1H3,(H,17,18)(H,19,20)(H2,15,16,21)/t10-/m0/s1. The number of carbonyl (C=O) groups excluding carboxylic acids is 1. The number of carboxylic acids is 2.